The van der Waals surface area contributed by atoms with Gasteiger partial charge in [-0.15, -0.1) is 0 Å². The Morgan fingerprint density at radius 3 is 2.74 bits per heavy atom. The van der Waals surface area contributed by atoms with Gasteiger partial charge in [0.05, 0.1) is 13.1 Å². The third kappa shape index (κ3) is 5.47. The fourth-order valence-corrected chi connectivity index (χ4v) is 1.98. The molecule has 0 spiro atoms. The van der Waals surface area contributed by atoms with Crippen LogP contribution in [0.5, 0.6) is 0 Å². The largest absolute Gasteiger partial charge is 0.353 e. The second kappa shape index (κ2) is 8.75. The number of aryl methyl sites for hydroxylation is 1. The van der Waals surface area contributed by atoms with Crippen molar-refractivity contribution in [2.75, 3.05) is 19.6 Å². The Morgan fingerprint density at radius 2 is 2.16 bits per heavy atom. The Morgan fingerprint density at radius 1 is 1.37 bits per heavy atom. The van der Waals surface area contributed by atoms with Crippen LogP contribution in [-0.2, 0) is 18.4 Å². The van der Waals surface area contributed by atoms with E-state index in [2.05, 4.69) is 29.8 Å². The summed E-state index contributed by atoms with van der Waals surface area (Å²) in [6, 6.07) is 4.10. The molecule has 0 aromatic carbocycles. The van der Waals surface area contributed by atoms with Crippen LogP contribution in [0.3, 0.4) is 0 Å². The van der Waals surface area contributed by atoms with Crippen LogP contribution >= 0.6 is 0 Å². The van der Waals surface area contributed by atoms with Crippen molar-refractivity contribution < 1.29 is 4.79 Å². The lowest BCUT2D eigenvalue weighted by Crippen LogP contribution is -2.39. The van der Waals surface area contributed by atoms with Gasteiger partial charge in [-0.05, 0) is 31.5 Å². The first-order valence-corrected chi connectivity index (χ1v) is 7.27. The minimum absolute atomic E-state index is 0.197. The number of aromatic nitrogens is 1. The number of unbranched alkanes of at least 4 members (excludes halogenated alkanes) is 1. The summed E-state index contributed by atoms with van der Waals surface area (Å²) in [6.45, 7) is 7.15. The van der Waals surface area contributed by atoms with E-state index in [1.807, 2.05) is 24.2 Å². The maximum absolute atomic E-state index is 12.2. The van der Waals surface area contributed by atoms with Crippen molar-refractivity contribution in [3.63, 3.8) is 0 Å². The zero-order valence-electron chi connectivity index (χ0n) is 12.5. The van der Waals surface area contributed by atoms with E-state index in [1.54, 1.807) is 0 Å². The molecule has 1 rings (SSSR count). The van der Waals surface area contributed by atoms with Crippen molar-refractivity contribution in [1.82, 2.24) is 14.8 Å². The lowest BCUT2D eigenvalue weighted by molar-refractivity contribution is -0.131. The van der Waals surface area contributed by atoms with E-state index in [9.17, 15) is 4.79 Å². The number of rotatable bonds is 9. The summed E-state index contributed by atoms with van der Waals surface area (Å²) in [4.78, 5) is 14.2. The van der Waals surface area contributed by atoms with Crippen LogP contribution in [0, 0.1) is 0 Å². The number of amides is 1. The summed E-state index contributed by atoms with van der Waals surface area (Å²) in [5, 5.41) is 3.19. The van der Waals surface area contributed by atoms with Gasteiger partial charge >= 0.3 is 0 Å². The number of hydrogen-bond donors (Lipinski definition) is 1. The summed E-state index contributed by atoms with van der Waals surface area (Å²) in [5.41, 5.74) is 1.18. The lowest BCUT2D eigenvalue weighted by Gasteiger charge is -2.23. The number of carbonyl (C=O) groups excluding carboxylic acids is 1. The SMILES string of the molecule is CCCCN(Cc1cccn1C)C(=O)CNCCC. The molecule has 4 heteroatoms. The van der Waals surface area contributed by atoms with Gasteiger partial charge < -0.3 is 14.8 Å². The van der Waals surface area contributed by atoms with Crippen molar-refractivity contribution in [3.8, 4) is 0 Å². The number of nitrogens with one attached hydrogen (secondary N) is 1. The molecule has 19 heavy (non-hydrogen) atoms. The maximum Gasteiger partial charge on any atom is 0.236 e. The second-order valence-corrected chi connectivity index (χ2v) is 4.96. The minimum Gasteiger partial charge on any atom is -0.353 e. The molecule has 0 aliphatic rings. The van der Waals surface area contributed by atoms with Crippen LogP contribution in [0.4, 0.5) is 0 Å². The molecule has 108 valence electrons. The molecule has 1 amide bonds. The molecule has 0 aliphatic carbocycles. The summed E-state index contributed by atoms with van der Waals surface area (Å²) in [7, 11) is 2.02. The van der Waals surface area contributed by atoms with E-state index in [-0.39, 0.29) is 5.91 Å². The van der Waals surface area contributed by atoms with Gasteiger partial charge in [-0.3, -0.25) is 4.79 Å². The summed E-state index contributed by atoms with van der Waals surface area (Å²) in [6.07, 6.45) is 5.25. The standard InChI is InChI=1S/C15H27N3O/c1-4-6-11-18(15(19)12-16-9-5-2)13-14-8-7-10-17(14)3/h7-8,10,16H,4-6,9,11-13H2,1-3H3. The molecule has 1 aromatic heterocycles. The van der Waals surface area contributed by atoms with Crippen molar-refractivity contribution in [1.29, 1.82) is 0 Å². The Hall–Kier alpha value is -1.29. The van der Waals surface area contributed by atoms with E-state index < -0.39 is 0 Å². The van der Waals surface area contributed by atoms with E-state index >= 15 is 0 Å². The topological polar surface area (TPSA) is 37.3 Å². The zero-order chi connectivity index (χ0) is 14.1. The Bertz CT molecular complexity index is 373. The van der Waals surface area contributed by atoms with Gasteiger partial charge in [0.2, 0.25) is 5.91 Å². The minimum atomic E-state index is 0.197. The Labute approximate surface area is 116 Å². The van der Waals surface area contributed by atoms with Gasteiger partial charge in [0.1, 0.15) is 0 Å². The lowest BCUT2D eigenvalue weighted by atomic mass is 10.3. The highest BCUT2D eigenvalue weighted by molar-refractivity contribution is 5.78. The monoisotopic (exact) mass is 265 g/mol. The quantitative estimate of drug-likeness (QED) is 0.695. The summed E-state index contributed by atoms with van der Waals surface area (Å²) >= 11 is 0. The summed E-state index contributed by atoms with van der Waals surface area (Å²) in [5.74, 6) is 0.197. The van der Waals surface area contributed by atoms with Crippen LogP contribution in [0.15, 0.2) is 18.3 Å². The number of hydrogen-bond acceptors (Lipinski definition) is 2. The van der Waals surface area contributed by atoms with Crippen LogP contribution in [0.25, 0.3) is 0 Å². The van der Waals surface area contributed by atoms with Gasteiger partial charge in [0.15, 0.2) is 0 Å². The fourth-order valence-electron chi connectivity index (χ4n) is 1.98. The van der Waals surface area contributed by atoms with Crippen LogP contribution < -0.4 is 5.32 Å². The average Bonchev–Trinajstić information content (AvgIpc) is 2.80. The van der Waals surface area contributed by atoms with E-state index in [4.69, 9.17) is 0 Å². The zero-order valence-corrected chi connectivity index (χ0v) is 12.5. The molecular formula is C15H27N3O. The fraction of sp³-hybridized carbons (Fsp3) is 0.667. The van der Waals surface area contributed by atoms with Gasteiger partial charge in [-0.25, -0.2) is 0 Å². The van der Waals surface area contributed by atoms with Gasteiger partial charge in [-0.2, -0.15) is 0 Å². The molecule has 0 atom stereocenters. The van der Waals surface area contributed by atoms with Gasteiger partial charge in [0.25, 0.3) is 0 Å². The first kappa shape index (κ1) is 15.8. The van der Waals surface area contributed by atoms with Crippen molar-refractivity contribution in [2.24, 2.45) is 7.05 Å². The van der Waals surface area contributed by atoms with Crippen molar-refractivity contribution in [3.05, 3.63) is 24.0 Å². The Kier molecular flexibility index (Phi) is 7.26. The van der Waals surface area contributed by atoms with Crippen LogP contribution in [-0.4, -0.2) is 35.0 Å². The highest BCUT2D eigenvalue weighted by Crippen LogP contribution is 2.07. The molecule has 1 heterocycles. The van der Waals surface area contributed by atoms with Gasteiger partial charge in [0, 0.05) is 25.5 Å². The van der Waals surface area contributed by atoms with E-state index in [0.717, 1.165) is 32.4 Å². The van der Waals surface area contributed by atoms with E-state index in [1.165, 1.54) is 5.69 Å². The molecule has 1 N–H and O–H groups in total. The van der Waals surface area contributed by atoms with E-state index in [0.29, 0.717) is 13.1 Å². The smallest absolute Gasteiger partial charge is 0.236 e. The molecule has 0 unspecified atom stereocenters. The van der Waals surface area contributed by atoms with Crippen molar-refractivity contribution >= 4 is 5.91 Å². The predicted octanol–water partition coefficient (Wildman–Crippen LogP) is 2.15. The average molecular weight is 265 g/mol. The number of carbonyl (C=O) groups is 1. The van der Waals surface area contributed by atoms with Gasteiger partial charge in [-0.1, -0.05) is 20.3 Å². The molecule has 0 bridgehead atoms. The molecule has 1 aromatic rings. The second-order valence-electron chi connectivity index (χ2n) is 4.96. The third-order valence-electron chi connectivity index (χ3n) is 3.24. The van der Waals surface area contributed by atoms with Crippen LogP contribution in [0.1, 0.15) is 38.8 Å². The normalized spacial score (nSPS) is 10.7. The highest BCUT2D eigenvalue weighted by Gasteiger charge is 2.14. The summed E-state index contributed by atoms with van der Waals surface area (Å²) < 4.78 is 2.08. The molecule has 0 radical (unpaired) electrons. The third-order valence-corrected chi connectivity index (χ3v) is 3.24. The highest BCUT2D eigenvalue weighted by atomic mass is 16.2. The molecule has 0 saturated carbocycles. The first-order valence-electron chi connectivity index (χ1n) is 7.27. The van der Waals surface area contributed by atoms with Crippen LogP contribution in [0.2, 0.25) is 0 Å². The number of nitrogens with zero attached hydrogens (tertiary/aromatic N) is 2. The predicted molar refractivity (Wildman–Crippen MR) is 78.9 cm³/mol. The van der Waals surface area contributed by atoms with Crippen molar-refractivity contribution in [2.45, 2.75) is 39.7 Å². The Balaban J connectivity index is 2.55. The maximum atomic E-state index is 12.2. The molecule has 0 aliphatic heterocycles. The molecule has 4 nitrogen and oxygen atoms in total. The molecule has 0 fully saturated rings. The molecular weight excluding hydrogens is 238 g/mol. The molecule has 0 saturated heterocycles. The first-order chi connectivity index (χ1) is 9.19.